The van der Waals surface area contributed by atoms with Crippen molar-refractivity contribution < 1.29 is 24.0 Å². The highest BCUT2D eigenvalue weighted by Crippen LogP contribution is 2.27. The molecule has 11 heteroatoms. The third-order valence-corrected chi connectivity index (χ3v) is 5.20. The van der Waals surface area contributed by atoms with E-state index in [1.807, 2.05) is 0 Å². The van der Waals surface area contributed by atoms with Gasteiger partial charge in [-0.25, -0.2) is 10.2 Å². The van der Waals surface area contributed by atoms with Gasteiger partial charge in [0, 0.05) is 16.1 Å². The average Bonchev–Trinajstić information content (AvgIpc) is 2.81. The molecule has 0 aliphatic carbocycles. The van der Waals surface area contributed by atoms with Crippen LogP contribution in [0.2, 0.25) is 5.02 Å². The van der Waals surface area contributed by atoms with Crippen molar-refractivity contribution in [3.8, 4) is 11.5 Å². The Morgan fingerprint density at radius 2 is 1.82 bits per heavy atom. The first-order valence-electron chi connectivity index (χ1n) is 9.75. The van der Waals surface area contributed by atoms with Crippen molar-refractivity contribution in [2.45, 2.75) is 13.0 Å². The van der Waals surface area contributed by atoms with Crippen LogP contribution in [0, 0.1) is 10.1 Å². The molecule has 34 heavy (non-hydrogen) atoms. The van der Waals surface area contributed by atoms with Crippen molar-refractivity contribution in [3.05, 3.63) is 97.5 Å². The van der Waals surface area contributed by atoms with Gasteiger partial charge in [0.05, 0.1) is 21.7 Å². The Morgan fingerprint density at radius 1 is 1.12 bits per heavy atom. The molecule has 0 aromatic heterocycles. The number of hydrogen-bond acceptors (Lipinski definition) is 7. The van der Waals surface area contributed by atoms with Gasteiger partial charge in [0.25, 0.3) is 5.91 Å². The van der Waals surface area contributed by atoms with Crippen molar-refractivity contribution in [3.63, 3.8) is 0 Å². The molecule has 3 rings (SSSR count). The zero-order valence-electron chi connectivity index (χ0n) is 17.6. The number of esters is 1. The van der Waals surface area contributed by atoms with E-state index in [4.69, 9.17) is 21.1 Å². The fourth-order valence-corrected chi connectivity index (χ4v) is 3.29. The SMILES string of the molecule is CC(Oc1ccccc1[N+](=O)[O-])C(=O)NN=Cc1cc(Br)ccc1OC(=O)c1ccccc1Cl. The van der Waals surface area contributed by atoms with E-state index in [9.17, 15) is 19.7 Å². The van der Waals surface area contributed by atoms with Gasteiger partial charge in [-0.05, 0) is 43.3 Å². The van der Waals surface area contributed by atoms with Crippen LogP contribution in [0.5, 0.6) is 11.5 Å². The minimum Gasteiger partial charge on any atom is -0.474 e. The summed E-state index contributed by atoms with van der Waals surface area (Å²) in [5.74, 6) is -1.15. The van der Waals surface area contributed by atoms with E-state index in [2.05, 4.69) is 26.5 Å². The first kappa shape index (κ1) is 24.9. The van der Waals surface area contributed by atoms with E-state index in [1.165, 1.54) is 37.4 Å². The molecule has 0 saturated heterocycles. The summed E-state index contributed by atoms with van der Waals surface area (Å²) >= 11 is 9.39. The number of nitrogens with zero attached hydrogens (tertiary/aromatic N) is 2. The molecule has 0 fully saturated rings. The summed E-state index contributed by atoms with van der Waals surface area (Å²) in [5, 5.41) is 15.2. The number of hydrogen-bond donors (Lipinski definition) is 1. The topological polar surface area (TPSA) is 120 Å². The lowest BCUT2D eigenvalue weighted by atomic mass is 10.2. The molecule has 1 unspecified atom stereocenters. The summed E-state index contributed by atoms with van der Waals surface area (Å²) in [5.41, 5.74) is 2.63. The Bertz CT molecular complexity index is 1270. The number of nitro benzene ring substituents is 1. The second-order valence-electron chi connectivity index (χ2n) is 6.77. The Labute approximate surface area is 207 Å². The van der Waals surface area contributed by atoms with Crippen LogP contribution in [-0.2, 0) is 4.79 Å². The van der Waals surface area contributed by atoms with Gasteiger partial charge in [-0.1, -0.05) is 51.8 Å². The standard InChI is InChI=1S/C23H17BrClN3O6/c1-14(33-21-9-5-4-8-19(21)28(31)32)22(29)27-26-13-15-12-16(24)10-11-20(15)34-23(30)17-6-2-3-7-18(17)25/h2-14H,1H3,(H,27,29). The number of para-hydroxylation sites is 2. The number of rotatable bonds is 8. The number of ether oxygens (including phenoxy) is 2. The predicted molar refractivity (Wildman–Crippen MR) is 129 cm³/mol. The average molecular weight is 547 g/mol. The monoisotopic (exact) mass is 545 g/mol. The smallest absolute Gasteiger partial charge is 0.345 e. The number of carbonyl (C=O) groups excluding carboxylic acids is 2. The molecule has 1 atom stereocenters. The van der Waals surface area contributed by atoms with Gasteiger partial charge in [-0.2, -0.15) is 5.10 Å². The van der Waals surface area contributed by atoms with Crippen LogP contribution in [-0.4, -0.2) is 29.1 Å². The van der Waals surface area contributed by atoms with Gasteiger partial charge in [-0.15, -0.1) is 0 Å². The molecular weight excluding hydrogens is 530 g/mol. The van der Waals surface area contributed by atoms with E-state index in [0.29, 0.717) is 10.0 Å². The second-order valence-corrected chi connectivity index (χ2v) is 8.09. The molecule has 9 nitrogen and oxygen atoms in total. The third kappa shape index (κ3) is 6.40. The largest absolute Gasteiger partial charge is 0.474 e. The number of amides is 1. The zero-order chi connectivity index (χ0) is 24.7. The maximum atomic E-state index is 12.5. The highest BCUT2D eigenvalue weighted by atomic mass is 79.9. The van der Waals surface area contributed by atoms with E-state index in [-0.39, 0.29) is 27.8 Å². The minimum atomic E-state index is -1.07. The van der Waals surface area contributed by atoms with Crippen LogP contribution >= 0.6 is 27.5 Å². The van der Waals surface area contributed by atoms with Crippen molar-refractivity contribution >= 4 is 51.3 Å². The predicted octanol–water partition coefficient (Wildman–Crippen LogP) is 5.15. The lowest BCUT2D eigenvalue weighted by Gasteiger charge is -2.13. The summed E-state index contributed by atoms with van der Waals surface area (Å²) in [6.07, 6.45) is 0.216. The van der Waals surface area contributed by atoms with Crippen LogP contribution in [0.25, 0.3) is 0 Å². The highest BCUT2D eigenvalue weighted by molar-refractivity contribution is 9.10. The summed E-state index contributed by atoms with van der Waals surface area (Å²) in [4.78, 5) is 35.3. The van der Waals surface area contributed by atoms with Crippen LogP contribution in [0.1, 0.15) is 22.8 Å². The number of halogens is 2. The van der Waals surface area contributed by atoms with E-state index in [1.54, 1.807) is 42.5 Å². The van der Waals surface area contributed by atoms with Crippen LogP contribution in [0.3, 0.4) is 0 Å². The lowest BCUT2D eigenvalue weighted by Crippen LogP contribution is -2.33. The van der Waals surface area contributed by atoms with Gasteiger partial charge in [-0.3, -0.25) is 14.9 Å². The molecule has 1 amide bonds. The normalized spacial score (nSPS) is 11.6. The quantitative estimate of drug-likeness (QED) is 0.137. The zero-order valence-corrected chi connectivity index (χ0v) is 19.9. The first-order valence-corrected chi connectivity index (χ1v) is 10.9. The molecule has 3 aromatic rings. The van der Waals surface area contributed by atoms with Crippen LogP contribution in [0.15, 0.2) is 76.3 Å². The van der Waals surface area contributed by atoms with Crippen molar-refractivity contribution in [1.82, 2.24) is 5.43 Å². The van der Waals surface area contributed by atoms with Gasteiger partial charge < -0.3 is 9.47 Å². The maximum absolute atomic E-state index is 12.5. The fourth-order valence-electron chi connectivity index (χ4n) is 2.70. The number of nitrogens with one attached hydrogen (secondary N) is 1. The third-order valence-electron chi connectivity index (χ3n) is 4.38. The second kappa shape index (κ2) is 11.4. The van der Waals surface area contributed by atoms with Gasteiger partial charge in [0.15, 0.2) is 11.9 Å². The highest BCUT2D eigenvalue weighted by Gasteiger charge is 2.20. The van der Waals surface area contributed by atoms with Gasteiger partial charge in [0.2, 0.25) is 0 Å². The molecular formula is C23H17BrClN3O6. The molecule has 3 aromatic carbocycles. The lowest BCUT2D eigenvalue weighted by molar-refractivity contribution is -0.386. The van der Waals surface area contributed by atoms with Crippen LogP contribution < -0.4 is 14.9 Å². The molecule has 1 N–H and O–H groups in total. The Balaban J connectivity index is 1.69. The molecule has 0 heterocycles. The van der Waals surface area contributed by atoms with Crippen molar-refractivity contribution in [1.29, 1.82) is 0 Å². The summed E-state index contributed by atoms with van der Waals surface area (Å²) in [6, 6.07) is 17.1. The van der Waals surface area contributed by atoms with Crippen molar-refractivity contribution in [2.24, 2.45) is 5.10 Å². The maximum Gasteiger partial charge on any atom is 0.345 e. The van der Waals surface area contributed by atoms with Gasteiger partial charge >= 0.3 is 11.7 Å². The molecule has 0 radical (unpaired) electrons. The van der Waals surface area contributed by atoms with Crippen LogP contribution in [0.4, 0.5) is 5.69 Å². The summed E-state index contributed by atoms with van der Waals surface area (Å²) < 4.78 is 11.5. The molecule has 0 bridgehead atoms. The van der Waals surface area contributed by atoms with Crippen molar-refractivity contribution in [2.75, 3.05) is 0 Å². The molecule has 174 valence electrons. The number of benzene rings is 3. The summed E-state index contributed by atoms with van der Waals surface area (Å²) in [6.45, 7) is 1.43. The Morgan fingerprint density at radius 3 is 2.56 bits per heavy atom. The summed E-state index contributed by atoms with van der Waals surface area (Å²) in [7, 11) is 0. The molecule has 0 spiro atoms. The fraction of sp³-hybridized carbons (Fsp3) is 0.0870. The van der Waals surface area contributed by atoms with E-state index < -0.39 is 22.9 Å². The number of hydrazone groups is 1. The van der Waals surface area contributed by atoms with E-state index >= 15 is 0 Å². The number of nitro groups is 1. The van der Waals surface area contributed by atoms with Gasteiger partial charge in [0.1, 0.15) is 5.75 Å². The Hall–Kier alpha value is -3.76. The first-order chi connectivity index (χ1) is 16.3. The van der Waals surface area contributed by atoms with E-state index in [0.717, 1.165) is 0 Å². The molecule has 0 saturated carbocycles. The number of carbonyl (C=O) groups is 2. The Kier molecular flexibility index (Phi) is 8.34. The molecule has 0 aliphatic heterocycles. The minimum absolute atomic E-state index is 0.0418. The molecule has 0 aliphatic rings.